The molecule has 0 radical (unpaired) electrons. The maximum atomic E-state index is 5.90. The smallest absolute Gasteiger partial charge is 0.130 e. The van der Waals surface area contributed by atoms with Gasteiger partial charge in [0.05, 0.1) is 5.69 Å². The molecule has 0 fully saturated rings. The van der Waals surface area contributed by atoms with Gasteiger partial charge >= 0.3 is 0 Å². The molecule has 18 heavy (non-hydrogen) atoms. The van der Waals surface area contributed by atoms with Crippen LogP contribution in [-0.2, 0) is 6.61 Å². The van der Waals surface area contributed by atoms with Crippen molar-refractivity contribution in [1.82, 2.24) is 4.98 Å². The first-order chi connectivity index (χ1) is 8.79. The first-order valence-electron chi connectivity index (χ1n) is 5.74. The lowest BCUT2D eigenvalue weighted by Crippen LogP contribution is -1.99. The molecule has 0 saturated heterocycles. The molecule has 0 aliphatic rings. The van der Waals surface area contributed by atoms with Gasteiger partial charge in [0.2, 0.25) is 0 Å². The fraction of sp³-hybridized carbons (Fsp3) is 0.133. The van der Waals surface area contributed by atoms with Crippen LogP contribution in [0.1, 0.15) is 18.2 Å². The van der Waals surface area contributed by atoms with Crippen molar-refractivity contribution in [3.8, 4) is 5.75 Å². The van der Waals surface area contributed by atoms with Crippen molar-refractivity contribution in [2.24, 2.45) is 0 Å². The molecule has 0 unspecified atom stereocenters. The van der Waals surface area contributed by atoms with Gasteiger partial charge in [-0.25, -0.2) is 0 Å². The minimum Gasteiger partial charge on any atom is -0.487 e. The molecule has 92 valence electrons. The number of halogens is 1. The molecule has 0 amide bonds. The molecule has 0 N–H and O–H groups in total. The number of hydrogen-bond acceptors (Lipinski definition) is 2. The largest absolute Gasteiger partial charge is 0.487 e. The number of ether oxygens (including phenoxy) is 1. The Morgan fingerprint density at radius 2 is 2.11 bits per heavy atom. The molecule has 0 atom stereocenters. The van der Waals surface area contributed by atoms with Crippen LogP contribution >= 0.6 is 11.6 Å². The molecule has 2 rings (SSSR count). The Morgan fingerprint density at radius 3 is 2.89 bits per heavy atom. The maximum absolute atomic E-state index is 5.90. The van der Waals surface area contributed by atoms with Crippen LogP contribution in [0.4, 0.5) is 0 Å². The second kappa shape index (κ2) is 6.22. The van der Waals surface area contributed by atoms with E-state index in [1.807, 2.05) is 43.3 Å². The highest BCUT2D eigenvalue weighted by atomic mass is 35.5. The third-order valence-electron chi connectivity index (χ3n) is 2.42. The topological polar surface area (TPSA) is 22.1 Å². The quantitative estimate of drug-likeness (QED) is 0.815. The summed E-state index contributed by atoms with van der Waals surface area (Å²) in [5.74, 6) is 0.845. The molecule has 1 aromatic carbocycles. The third-order valence-corrected chi connectivity index (χ3v) is 2.65. The van der Waals surface area contributed by atoms with Crippen molar-refractivity contribution < 1.29 is 4.74 Å². The summed E-state index contributed by atoms with van der Waals surface area (Å²) in [5.41, 5.74) is 1.87. The van der Waals surface area contributed by atoms with Crippen molar-refractivity contribution in [2.75, 3.05) is 0 Å². The zero-order valence-electron chi connectivity index (χ0n) is 10.1. The normalized spacial score (nSPS) is 10.8. The van der Waals surface area contributed by atoms with E-state index >= 15 is 0 Å². The van der Waals surface area contributed by atoms with Gasteiger partial charge in [-0.15, -0.1) is 0 Å². The molecule has 1 aromatic heterocycles. The van der Waals surface area contributed by atoms with Gasteiger partial charge in [0.15, 0.2) is 0 Å². The summed E-state index contributed by atoms with van der Waals surface area (Å²) in [6.45, 7) is 2.39. The number of nitrogens with zero attached hydrogens (tertiary/aromatic N) is 1. The molecule has 2 nitrogen and oxygen atoms in total. The summed E-state index contributed by atoms with van der Waals surface area (Å²) < 4.78 is 5.76. The van der Waals surface area contributed by atoms with Crippen molar-refractivity contribution >= 4 is 17.7 Å². The monoisotopic (exact) mass is 259 g/mol. The highest BCUT2D eigenvalue weighted by Gasteiger charge is 2.01. The Hall–Kier alpha value is -1.80. The van der Waals surface area contributed by atoms with E-state index in [2.05, 4.69) is 4.98 Å². The highest BCUT2D eigenvalue weighted by Crippen LogP contribution is 2.20. The Balaban J connectivity index is 2.10. The number of rotatable bonds is 4. The van der Waals surface area contributed by atoms with E-state index in [-0.39, 0.29) is 0 Å². The van der Waals surface area contributed by atoms with Crippen molar-refractivity contribution in [3.63, 3.8) is 0 Å². The first kappa shape index (κ1) is 12.7. The minimum atomic E-state index is 0.412. The predicted octanol–water partition coefficient (Wildman–Crippen LogP) is 4.35. The van der Waals surface area contributed by atoms with Crippen molar-refractivity contribution in [1.29, 1.82) is 0 Å². The minimum absolute atomic E-state index is 0.412. The van der Waals surface area contributed by atoms with E-state index in [0.29, 0.717) is 11.6 Å². The van der Waals surface area contributed by atoms with Gasteiger partial charge in [0, 0.05) is 16.8 Å². The molecule has 0 aliphatic carbocycles. The molecule has 0 saturated carbocycles. The van der Waals surface area contributed by atoms with Crippen molar-refractivity contribution in [3.05, 3.63) is 65.0 Å². The fourth-order valence-corrected chi connectivity index (χ4v) is 1.79. The molecular formula is C15H14ClNO. The summed E-state index contributed by atoms with van der Waals surface area (Å²) in [6, 6.07) is 11.5. The number of pyridine rings is 1. The standard InChI is InChI=1S/C15H14ClNO/c1-2-5-12-6-3-4-7-15(12)18-11-14-10-13(16)8-9-17-14/h2-10H,11H2,1H3. The molecule has 0 aliphatic heterocycles. The summed E-state index contributed by atoms with van der Waals surface area (Å²) >= 11 is 5.90. The zero-order valence-corrected chi connectivity index (χ0v) is 10.9. The third kappa shape index (κ3) is 3.34. The number of hydrogen-bond donors (Lipinski definition) is 0. The van der Waals surface area contributed by atoms with E-state index in [9.17, 15) is 0 Å². The lowest BCUT2D eigenvalue weighted by molar-refractivity contribution is 0.300. The average Bonchev–Trinajstić information content (AvgIpc) is 2.38. The van der Waals surface area contributed by atoms with Gasteiger partial charge in [-0.3, -0.25) is 4.98 Å². The summed E-state index contributed by atoms with van der Waals surface area (Å²) in [6.07, 6.45) is 5.68. The van der Waals surface area contributed by atoms with Gasteiger partial charge < -0.3 is 4.74 Å². The lowest BCUT2D eigenvalue weighted by Gasteiger charge is -2.08. The second-order valence-corrected chi connectivity index (χ2v) is 4.23. The maximum Gasteiger partial charge on any atom is 0.130 e. The number of aromatic nitrogens is 1. The zero-order chi connectivity index (χ0) is 12.8. The summed E-state index contributed by atoms with van der Waals surface area (Å²) in [5, 5.41) is 0.672. The van der Waals surface area contributed by atoms with E-state index in [1.165, 1.54) is 0 Å². The second-order valence-electron chi connectivity index (χ2n) is 3.79. The number of para-hydroxylation sites is 1. The van der Waals surface area contributed by atoms with E-state index in [1.54, 1.807) is 18.3 Å². The van der Waals surface area contributed by atoms with Crippen LogP contribution in [0, 0.1) is 0 Å². The van der Waals surface area contributed by atoms with Gasteiger partial charge in [-0.2, -0.15) is 0 Å². The fourth-order valence-electron chi connectivity index (χ4n) is 1.61. The number of benzene rings is 1. The Morgan fingerprint density at radius 1 is 1.28 bits per heavy atom. The molecular weight excluding hydrogens is 246 g/mol. The highest BCUT2D eigenvalue weighted by molar-refractivity contribution is 6.30. The predicted molar refractivity (Wildman–Crippen MR) is 74.7 cm³/mol. The van der Waals surface area contributed by atoms with Crippen LogP contribution in [0.3, 0.4) is 0 Å². The van der Waals surface area contributed by atoms with Crippen molar-refractivity contribution in [2.45, 2.75) is 13.5 Å². The van der Waals surface area contributed by atoms with Gasteiger partial charge in [0.25, 0.3) is 0 Å². The van der Waals surface area contributed by atoms with Crippen LogP contribution in [0.25, 0.3) is 6.08 Å². The van der Waals surface area contributed by atoms with Crippen LogP contribution in [0.2, 0.25) is 5.02 Å². The first-order valence-corrected chi connectivity index (χ1v) is 6.12. The molecule has 2 aromatic rings. The van der Waals surface area contributed by atoms with Crippen LogP contribution < -0.4 is 4.74 Å². The lowest BCUT2D eigenvalue weighted by atomic mass is 10.2. The van der Waals surface area contributed by atoms with E-state index < -0.39 is 0 Å². The van der Waals surface area contributed by atoms with Gasteiger partial charge in [0.1, 0.15) is 12.4 Å². The average molecular weight is 260 g/mol. The molecule has 0 bridgehead atoms. The summed E-state index contributed by atoms with van der Waals surface area (Å²) in [7, 11) is 0. The Kier molecular flexibility index (Phi) is 4.37. The van der Waals surface area contributed by atoms with Gasteiger partial charge in [-0.1, -0.05) is 42.0 Å². The molecule has 1 heterocycles. The Bertz CT molecular complexity index is 552. The van der Waals surface area contributed by atoms with Gasteiger partial charge in [-0.05, 0) is 25.1 Å². The SMILES string of the molecule is CC=Cc1ccccc1OCc1cc(Cl)ccn1. The molecule has 3 heteroatoms. The molecule has 0 spiro atoms. The van der Waals surface area contributed by atoms with Crippen LogP contribution in [0.5, 0.6) is 5.75 Å². The van der Waals surface area contributed by atoms with E-state index in [0.717, 1.165) is 17.0 Å². The Labute approximate surface area is 112 Å². The summed E-state index contributed by atoms with van der Waals surface area (Å²) in [4.78, 5) is 4.20. The van der Waals surface area contributed by atoms with Crippen LogP contribution in [-0.4, -0.2) is 4.98 Å². The van der Waals surface area contributed by atoms with E-state index in [4.69, 9.17) is 16.3 Å². The van der Waals surface area contributed by atoms with Crippen LogP contribution in [0.15, 0.2) is 48.7 Å². The number of allylic oxidation sites excluding steroid dienone is 1.